The van der Waals surface area contributed by atoms with Crippen molar-refractivity contribution in [3.8, 4) is 0 Å². The van der Waals surface area contributed by atoms with E-state index in [9.17, 15) is 15.0 Å². The van der Waals surface area contributed by atoms with E-state index in [0.29, 0.717) is 18.0 Å². The number of fused-ring (bicyclic) bond motifs is 1. The summed E-state index contributed by atoms with van der Waals surface area (Å²) < 4.78 is 1.01. The lowest BCUT2D eigenvalue weighted by molar-refractivity contribution is 0.0655. The number of thiophene rings is 1. The van der Waals surface area contributed by atoms with Crippen molar-refractivity contribution in [1.82, 2.24) is 4.90 Å². The summed E-state index contributed by atoms with van der Waals surface area (Å²) in [5.74, 6) is -0.862. The van der Waals surface area contributed by atoms with Crippen LogP contribution in [0.25, 0.3) is 10.1 Å². The quantitative estimate of drug-likeness (QED) is 0.912. The van der Waals surface area contributed by atoms with E-state index in [1.165, 1.54) is 11.3 Å². The minimum Gasteiger partial charge on any atom is -0.477 e. The average Bonchev–Trinajstić information content (AvgIpc) is 2.78. The van der Waals surface area contributed by atoms with Crippen LogP contribution in [0.15, 0.2) is 24.3 Å². The van der Waals surface area contributed by atoms with Crippen molar-refractivity contribution in [2.45, 2.75) is 25.5 Å². The molecule has 2 N–H and O–H groups in total. The van der Waals surface area contributed by atoms with Crippen LogP contribution >= 0.6 is 11.3 Å². The van der Waals surface area contributed by atoms with Crippen molar-refractivity contribution in [1.29, 1.82) is 0 Å². The van der Waals surface area contributed by atoms with Crippen LogP contribution in [0.2, 0.25) is 0 Å². The molecule has 3 rings (SSSR count). The molecule has 106 valence electrons. The average molecular weight is 291 g/mol. The molecule has 1 aromatic heterocycles. The van der Waals surface area contributed by atoms with Crippen molar-refractivity contribution < 1.29 is 15.0 Å². The molecule has 4 nitrogen and oxygen atoms in total. The van der Waals surface area contributed by atoms with E-state index >= 15 is 0 Å². The van der Waals surface area contributed by atoms with Gasteiger partial charge in [-0.25, -0.2) is 4.79 Å². The van der Waals surface area contributed by atoms with Gasteiger partial charge in [0.05, 0.1) is 6.10 Å². The number of likely N-dealkylation sites (tertiary alicyclic amines) is 1. The number of hydrogen-bond acceptors (Lipinski definition) is 4. The summed E-state index contributed by atoms with van der Waals surface area (Å²) in [7, 11) is 0. The minimum atomic E-state index is -0.862. The topological polar surface area (TPSA) is 60.8 Å². The first kappa shape index (κ1) is 13.5. The molecule has 1 aromatic carbocycles. The van der Waals surface area contributed by atoms with Gasteiger partial charge in [0.2, 0.25) is 0 Å². The SMILES string of the molecule is O=C(O)c1sc2ccccc2c1CN1CCCC(O)C1. The van der Waals surface area contributed by atoms with Gasteiger partial charge >= 0.3 is 5.97 Å². The van der Waals surface area contributed by atoms with Crippen LogP contribution in [0.3, 0.4) is 0 Å². The highest BCUT2D eigenvalue weighted by molar-refractivity contribution is 7.21. The summed E-state index contributed by atoms with van der Waals surface area (Å²) in [6, 6.07) is 7.81. The van der Waals surface area contributed by atoms with Crippen LogP contribution in [0.5, 0.6) is 0 Å². The van der Waals surface area contributed by atoms with Gasteiger partial charge in [-0.1, -0.05) is 18.2 Å². The largest absolute Gasteiger partial charge is 0.477 e. The molecule has 5 heteroatoms. The second kappa shape index (κ2) is 5.52. The van der Waals surface area contributed by atoms with Gasteiger partial charge in [-0.3, -0.25) is 4.90 Å². The number of benzene rings is 1. The molecule has 2 heterocycles. The molecule has 0 saturated carbocycles. The molecule has 0 aliphatic carbocycles. The lowest BCUT2D eigenvalue weighted by atomic mass is 10.1. The number of aromatic carboxylic acids is 1. The number of carbonyl (C=O) groups is 1. The first-order chi connectivity index (χ1) is 9.65. The molecule has 1 unspecified atom stereocenters. The van der Waals surface area contributed by atoms with E-state index in [4.69, 9.17) is 0 Å². The highest BCUT2D eigenvalue weighted by atomic mass is 32.1. The van der Waals surface area contributed by atoms with Crippen LogP contribution in [0, 0.1) is 0 Å². The monoisotopic (exact) mass is 291 g/mol. The molecular weight excluding hydrogens is 274 g/mol. The first-order valence-electron chi connectivity index (χ1n) is 6.79. The maximum Gasteiger partial charge on any atom is 0.346 e. The number of β-amino-alcohol motifs (C(OH)–C–C–N with tert-alkyl or cyclic N) is 1. The summed E-state index contributed by atoms with van der Waals surface area (Å²) in [6.07, 6.45) is 1.51. The maximum atomic E-state index is 11.4. The zero-order valence-corrected chi connectivity index (χ0v) is 11.9. The predicted molar refractivity (Wildman–Crippen MR) is 79.3 cm³/mol. The van der Waals surface area contributed by atoms with Crippen molar-refractivity contribution in [3.05, 3.63) is 34.7 Å². The van der Waals surface area contributed by atoms with Gasteiger partial charge in [-0.2, -0.15) is 0 Å². The summed E-state index contributed by atoms with van der Waals surface area (Å²) in [4.78, 5) is 14.0. The molecule has 1 saturated heterocycles. The van der Waals surface area contributed by atoms with Crippen LogP contribution in [-0.2, 0) is 6.54 Å². The van der Waals surface area contributed by atoms with Crippen LogP contribution < -0.4 is 0 Å². The molecular formula is C15H17NO3S. The highest BCUT2D eigenvalue weighted by Crippen LogP contribution is 2.32. The van der Waals surface area contributed by atoms with Gasteiger partial charge < -0.3 is 10.2 Å². The Kier molecular flexibility index (Phi) is 3.74. The molecule has 1 fully saturated rings. The number of rotatable bonds is 3. The molecule has 0 amide bonds. The Hall–Kier alpha value is -1.43. The summed E-state index contributed by atoms with van der Waals surface area (Å²) >= 11 is 1.33. The number of carboxylic acid groups (broad SMARTS) is 1. The highest BCUT2D eigenvalue weighted by Gasteiger charge is 2.23. The Morgan fingerprint density at radius 2 is 2.20 bits per heavy atom. The molecule has 0 radical (unpaired) electrons. The standard InChI is InChI=1S/C15H17NO3S/c17-10-4-3-7-16(8-10)9-12-11-5-1-2-6-13(11)20-14(12)15(18)19/h1-2,5-6,10,17H,3-4,7-9H2,(H,18,19). The fraction of sp³-hybridized carbons (Fsp3) is 0.400. The third-order valence-electron chi connectivity index (χ3n) is 3.75. The number of aliphatic hydroxyl groups is 1. The first-order valence-corrected chi connectivity index (χ1v) is 7.61. The van der Waals surface area contributed by atoms with E-state index in [0.717, 1.165) is 35.0 Å². The maximum absolute atomic E-state index is 11.4. The molecule has 2 aromatic rings. The molecule has 1 aliphatic rings. The van der Waals surface area contributed by atoms with Gasteiger partial charge in [0.1, 0.15) is 4.88 Å². The van der Waals surface area contributed by atoms with Gasteiger partial charge in [0, 0.05) is 17.8 Å². The summed E-state index contributed by atoms with van der Waals surface area (Å²) in [6.45, 7) is 2.15. The van der Waals surface area contributed by atoms with Gasteiger partial charge in [-0.15, -0.1) is 11.3 Å². The van der Waals surface area contributed by atoms with E-state index in [1.54, 1.807) is 0 Å². The Bertz CT molecular complexity index is 637. The third kappa shape index (κ3) is 2.57. The molecule has 1 aliphatic heterocycles. The van der Waals surface area contributed by atoms with Crippen molar-refractivity contribution in [2.75, 3.05) is 13.1 Å². The second-order valence-corrected chi connectivity index (χ2v) is 6.29. The summed E-state index contributed by atoms with van der Waals surface area (Å²) in [5, 5.41) is 20.2. The normalized spacial score (nSPS) is 20.4. The predicted octanol–water partition coefficient (Wildman–Crippen LogP) is 2.56. The minimum absolute atomic E-state index is 0.290. The van der Waals surface area contributed by atoms with Crippen LogP contribution in [0.4, 0.5) is 0 Å². The van der Waals surface area contributed by atoms with Crippen molar-refractivity contribution >= 4 is 27.4 Å². The number of aliphatic hydroxyl groups excluding tert-OH is 1. The van der Waals surface area contributed by atoms with E-state index < -0.39 is 5.97 Å². The molecule has 0 spiro atoms. The van der Waals surface area contributed by atoms with Gasteiger partial charge in [-0.05, 0) is 36.4 Å². The van der Waals surface area contributed by atoms with Gasteiger partial charge in [0.25, 0.3) is 0 Å². The molecule has 1 atom stereocenters. The zero-order valence-electron chi connectivity index (χ0n) is 11.1. The Balaban J connectivity index is 1.96. The van der Waals surface area contributed by atoms with E-state index in [2.05, 4.69) is 4.90 Å². The Labute approximate surface area is 121 Å². The Morgan fingerprint density at radius 3 is 2.95 bits per heavy atom. The number of hydrogen-bond donors (Lipinski definition) is 2. The van der Waals surface area contributed by atoms with E-state index in [1.807, 2.05) is 24.3 Å². The smallest absolute Gasteiger partial charge is 0.346 e. The van der Waals surface area contributed by atoms with E-state index in [-0.39, 0.29) is 6.10 Å². The molecule has 20 heavy (non-hydrogen) atoms. The lowest BCUT2D eigenvalue weighted by Gasteiger charge is -2.30. The zero-order chi connectivity index (χ0) is 14.1. The third-order valence-corrected chi connectivity index (χ3v) is 4.96. The fourth-order valence-corrected chi connectivity index (χ4v) is 3.88. The second-order valence-electron chi connectivity index (χ2n) is 5.24. The van der Waals surface area contributed by atoms with Gasteiger partial charge in [0.15, 0.2) is 0 Å². The van der Waals surface area contributed by atoms with Crippen molar-refractivity contribution in [2.24, 2.45) is 0 Å². The lowest BCUT2D eigenvalue weighted by Crippen LogP contribution is -2.37. The molecule has 0 bridgehead atoms. The van der Waals surface area contributed by atoms with Crippen LogP contribution in [0.1, 0.15) is 28.1 Å². The summed E-state index contributed by atoms with van der Waals surface area (Å²) in [5.41, 5.74) is 0.882. The fourth-order valence-electron chi connectivity index (χ4n) is 2.83. The number of piperidine rings is 1. The Morgan fingerprint density at radius 1 is 1.40 bits per heavy atom. The number of nitrogens with zero attached hydrogens (tertiary/aromatic N) is 1. The number of carboxylic acids is 1. The van der Waals surface area contributed by atoms with Crippen molar-refractivity contribution in [3.63, 3.8) is 0 Å². The van der Waals surface area contributed by atoms with Crippen LogP contribution in [-0.4, -0.2) is 40.3 Å².